The number of rotatable bonds is 5. The van der Waals surface area contributed by atoms with Gasteiger partial charge in [0.1, 0.15) is 0 Å². The average molecular weight is 299 g/mol. The standard InChI is InChI=1S/C18H25N3O/c1-15(2)4-3-9-20-10-12-21(13-11-20)18(22)17-7-5-16(14-19)6-8-17/h5-8,15H,3-4,9-13H2,1-2H3. The van der Waals surface area contributed by atoms with Gasteiger partial charge in [0, 0.05) is 31.7 Å². The number of hydrogen-bond acceptors (Lipinski definition) is 3. The molecule has 1 saturated heterocycles. The second kappa shape index (κ2) is 7.95. The molecule has 0 aliphatic carbocycles. The Bertz CT molecular complexity index is 522. The number of carbonyl (C=O) groups is 1. The highest BCUT2D eigenvalue weighted by Crippen LogP contribution is 2.11. The summed E-state index contributed by atoms with van der Waals surface area (Å²) in [5.74, 6) is 0.838. The van der Waals surface area contributed by atoms with Crippen molar-refractivity contribution in [3.8, 4) is 6.07 Å². The lowest BCUT2D eigenvalue weighted by Crippen LogP contribution is -2.48. The number of amides is 1. The number of piperazine rings is 1. The lowest BCUT2D eigenvalue weighted by molar-refractivity contribution is 0.0634. The van der Waals surface area contributed by atoms with E-state index in [2.05, 4.69) is 24.8 Å². The predicted octanol–water partition coefficient (Wildman–Crippen LogP) is 2.75. The fourth-order valence-corrected chi connectivity index (χ4v) is 2.77. The molecule has 0 N–H and O–H groups in total. The van der Waals surface area contributed by atoms with Gasteiger partial charge < -0.3 is 4.90 Å². The summed E-state index contributed by atoms with van der Waals surface area (Å²) < 4.78 is 0. The van der Waals surface area contributed by atoms with Gasteiger partial charge in [0.25, 0.3) is 5.91 Å². The van der Waals surface area contributed by atoms with Crippen LogP contribution in [0.4, 0.5) is 0 Å². The summed E-state index contributed by atoms with van der Waals surface area (Å²) in [6, 6.07) is 8.97. The SMILES string of the molecule is CC(C)CCCN1CCN(C(=O)c2ccc(C#N)cc2)CC1. The normalized spacial score (nSPS) is 15.8. The van der Waals surface area contributed by atoms with Crippen LogP contribution in [0.15, 0.2) is 24.3 Å². The fourth-order valence-electron chi connectivity index (χ4n) is 2.77. The van der Waals surface area contributed by atoms with Crippen LogP contribution in [0.25, 0.3) is 0 Å². The van der Waals surface area contributed by atoms with Gasteiger partial charge in [-0.25, -0.2) is 0 Å². The number of hydrogen-bond donors (Lipinski definition) is 0. The maximum absolute atomic E-state index is 12.4. The van der Waals surface area contributed by atoms with Crippen molar-refractivity contribution in [2.24, 2.45) is 5.92 Å². The van der Waals surface area contributed by atoms with E-state index < -0.39 is 0 Å². The Labute approximate surface area is 133 Å². The molecule has 1 heterocycles. The Morgan fingerprint density at radius 1 is 1.18 bits per heavy atom. The van der Waals surface area contributed by atoms with Crippen LogP contribution in [0.3, 0.4) is 0 Å². The van der Waals surface area contributed by atoms with Gasteiger partial charge in [0.05, 0.1) is 11.6 Å². The van der Waals surface area contributed by atoms with Gasteiger partial charge in [-0.3, -0.25) is 9.69 Å². The molecule has 118 valence electrons. The van der Waals surface area contributed by atoms with E-state index in [9.17, 15) is 4.79 Å². The van der Waals surface area contributed by atoms with E-state index in [0.29, 0.717) is 11.1 Å². The maximum atomic E-state index is 12.4. The molecule has 0 aromatic heterocycles. The van der Waals surface area contributed by atoms with Gasteiger partial charge in [-0.2, -0.15) is 5.26 Å². The summed E-state index contributed by atoms with van der Waals surface area (Å²) in [5.41, 5.74) is 1.26. The Hall–Kier alpha value is -1.86. The molecular weight excluding hydrogens is 274 g/mol. The second-order valence-electron chi connectivity index (χ2n) is 6.36. The van der Waals surface area contributed by atoms with E-state index in [-0.39, 0.29) is 5.91 Å². The Kier molecular flexibility index (Phi) is 5.97. The van der Waals surface area contributed by atoms with E-state index in [1.165, 1.54) is 12.8 Å². The average Bonchev–Trinajstić information content (AvgIpc) is 2.54. The molecule has 4 heteroatoms. The summed E-state index contributed by atoms with van der Waals surface area (Å²) in [6.07, 6.45) is 2.51. The summed E-state index contributed by atoms with van der Waals surface area (Å²) in [5, 5.41) is 8.80. The van der Waals surface area contributed by atoms with Crippen molar-refractivity contribution < 1.29 is 4.79 Å². The van der Waals surface area contributed by atoms with Crippen LogP contribution in [0.1, 0.15) is 42.6 Å². The van der Waals surface area contributed by atoms with E-state index in [0.717, 1.165) is 38.6 Å². The van der Waals surface area contributed by atoms with Gasteiger partial charge >= 0.3 is 0 Å². The Morgan fingerprint density at radius 2 is 1.82 bits per heavy atom. The zero-order valence-electron chi connectivity index (χ0n) is 13.6. The zero-order chi connectivity index (χ0) is 15.9. The highest BCUT2D eigenvalue weighted by Gasteiger charge is 2.21. The molecule has 1 aliphatic heterocycles. The predicted molar refractivity (Wildman–Crippen MR) is 87.6 cm³/mol. The number of nitriles is 1. The third kappa shape index (κ3) is 4.57. The number of nitrogens with zero attached hydrogens (tertiary/aromatic N) is 3. The minimum atomic E-state index is 0.0753. The first-order valence-corrected chi connectivity index (χ1v) is 8.12. The van der Waals surface area contributed by atoms with Crippen molar-refractivity contribution >= 4 is 5.91 Å². The van der Waals surface area contributed by atoms with Crippen LogP contribution in [0.2, 0.25) is 0 Å². The van der Waals surface area contributed by atoms with Crippen LogP contribution in [0, 0.1) is 17.2 Å². The van der Waals surface area contributed by atoms with E-state index >= 15 is 0 Å². The first kappa shape index (κ1) is 16.5. The molecule has 1 aromatic carbocycles. The smallest absolute Gasteiger partial charge is 0.253 e. The number of benzene rings is 1. The molecule has 0 saturated carbocycles. The molecule has 1 aliphatic rings. The highest BCUT2D eigenvalue weighted by molar-refractivity contribution is 5.94. The van der Waals surface area contributed by atoms with Gasteiger partial charge in [-0.15, -0.1) is 0 Å². The molecule has 4 nitrogen and oxygen atoms in total. The third-order valence-electron chi connectivity index (χ3n) is 4.18. The van der Waals surface area contributed by atoms with Crippen LogP contribution < -0.4 is 0 Å². The van der Waals surface area contributed by atoms with Crippen molar-refractivity contribution in [1.29, 1.82) is 5.26 Å². The lowest BCUT2D eigenvalue weighted by atomic mass is 10.1. The molecule has 22 heavy (non-hydrogen) atoms. The first-order chi connectivity index (χ1) is 10.6. The van der Waals surface area contributed by atoms with Crippen molar-refractivity contribution in [1.82, 2.24) is 9.80 Å². The summed E-state index contributed by atoms with van der Waals surface area (Å²) in [6.45, 7) is 9.15. The van der Waals surface area contributed by atoms with Crippen molar-refractivity contribution in [3.63, 3.8) is 0 Å². The summed E-state index contributed by atoms with van der Waals surface area (Å²) in [4.78, 5) is 16.8. The molecule has 1 aromatic rings. The highest BCUT2D eigenvalue weighted by atomic mass is 16.2. The molecule has 1 amide bonds. The fraction of sp³-hybridized carbons (Fsp3) is 0.556. The van der Waals surface area contributed by atoms with Crippen LogP contribution in [-0.2, 0) is 0 Å². The van der Waals surface area contributed by atoms with Crippen molar-refractivity contribution in [2.75, 3.05) is 32.7 Å². The third-order valence-corrected chi connectivity index (χ3v) is 4.18. The largest absolute Gasteiger partial charge is 0.336 e. The molecule has 0 bridgehead atoms. The minimum Gasteiger partial charge on any atom is -0.336 e. The quantitative estimate of drug-likeness (QED) is 0.840. The van der Waals surface area contributed by atoms with Crippen LogP contribution in [-0.4, -0.2) is 48.4 Å². The van der Waals surface area contributed by atoms with Gasteiger partial charge in [0.15, 0.2) is 0 Å². The molecule has 0 spiro atoms. The second-order valence-corrected chi connectivity index (χ2v) is 6.36. The van der Waals surface area contributed by atoms with E-state index in [1.807, 2.05) is 4.90 Å². The molecule has 2 rings (SSSR count). The first-order valence-electron chi connectivity index (χ1n) is 8.12. The summed E-state index contributed by atoms with van der Waals surface area (Å²) in [7, 11) is 0. The van der Waals surface area contributed by atoms with E-state index in [1.54, 1.807) is 24.3 Å². The van der Waals surface area contributed by atoms with Crippen LogP contribution in [0.5, 0.6) is 0 Å². The maximum Gasteiger partial charge on any atom is 0.253 e. The minimum absolute atomic E-state index is 0.0753. The monoisotopic (exact) mass is 299 g/mol. The molecular formula is C18H25N3O. The lowest BCUT2D eigenvalue weighted by Gasteiger charge is -2.34. The van der Waals surface area contributed by atoms with E-state index in [4.69, 9.17) is 5.26 Å². The van der Waals surface area contributed by atoms with Gasteiger partial charge in [-0.05, 0) is 49.6 Å². The zero-order valence-corrected chi connectivity index (χ0v) is 13.6. The van der Waals surface area contributed by atoms with Crippen LogP contribution >= 0.6 is 0 Å². The molecule has 0 unspecified atom stereocenters. The Balaban J connectivity index is 1.80. The van der Waals surface area contributed by atoms with Crippen molar-refractivity contribution in [2.45, 2.75) is 26.7 Å². The van der Waals surface area contributed by atoms with Crippen molar-refractivity contribution in [3.05, 3.63) is 35.4 Å². The topological polar surface area (TPSA) is 47.3 Å². The number of carbonyl (C=O) groups excluding carboxylic acids is 1. The summed E-state index contributed by atoms with van der Waals surface area (Å²) >= 11 is 0. The van der Waals surface area contributed by atoms with Gasteiger partial charge in [-0.1, -0.05) is 13.8 Å². The van der Waals surface area contributed by atoms with Gasteiger partial charge in [0.2, 0.25) is 0 Å². The molecule has 0 atom stereocenters. The molecule has 0 radical (unpaired) electrons. The molecule has 1 fully saturated rings. The Morgan fingerprint density at radius 3 is 2.36 bits per heavy atom.